The number of amides is 1. The van der Waals surface area contributed by atoms with Crippen LogP contribution in [0, 0.1) is 0 Å². The van der Waals surface area contributed by atoms with Gasteiger partial charge >= 0.3 is 0 Å². The van der Waals surface area contributed by atoms with Crippen LogP contribution in [0.5, 0.6) is 5.75 Å². The first-order valence-corrected chi connectivity index (χ1v) is 9.13. The highest BCUT2D eigenvalue weighted by Crippen LogP contribution is 2.33. The molecule has 27 heavy (non-hydrogen) atoms. The molecule has 3 aromatic rings. The van der Waals surface area contributed by atoms with Crippen LogP contribution < -0.4 is 10.1 Å². The molecule has 0 radical (unpaired) electrons. The van der Waals surface area contributed by atoms with Gasteiger partial charge < -0.3 is 10.1 Å². The number of fused-ring (bicyclic) bond motifs is 1. The van der Waals surface area contributed by atoms with E-state index in [1.165, 1.54) is 5.56 Å². The predicted molar refractivity (Wildman–Crippen MR) is 107 cm³/mol. The second-order valence-corrected chi connectivity index (χ2v) is 7.16. The fourth-order valence-electron chi connectivity index (χ4n) is 3.47. The van der Waals surface area contributed by atoms with Crippen molar-refractivity contribution in [3.05, 3.63) is 66.4 Å². The molecule has 1 saturated heterocycles. The van der Waals surface area contributed by atoms with Gasteiger partial charge in [0.15, 0.2) is 0 Å². The molecule has 1 unspecified atom stereocenters. The van der Waals surface area contributed by atoms with Crippen LogP contribution in [0.1, 0.15) is 18.9 Å². The zero-order chi connectivity index (χ0) is 18.9. The number of pyridine rings is 1. The fourth-order valence-corrected chi connectivity index (χ4v) is 3.47. The van der Waals surface area contributed by atoms with E-state index in [0.717, 1.165) is 41.9 Å². The first kappa shape index (κ1) is 17.5. The second kappa shape index (κ2) is 7.00. The summed E-state index contributed by atoms with van der Waals surface area (Å²) < 4.78 is 5.21. The highest BCUT2D eigenvalue weighted by molar-refractivity contribution is 5.99. The number of aromatic nitrogens is 1. The van der Waals surface area contributed by atoms with Crippen LogP contribution in [0.25, 0.3) is 10.9 Å². The third-order valence-electron chi connectivity index (χ3n) is 5.44. The van der Waals surface area contributed by atoms with Gasteiger partial charge in [-0.2, -0.15) is 0 Å². The summed E-state index contributed by atoms with van der Waals surface area (Å²) in [4.78, 5) is 19.6. The zero-order valence-electron chi connectivity index (χ0n) is 15.6. The van der Waals surface area contributed by atoms with E-state index in [0.29, 0.717) is 0 Å². The van der Waals surface area contributed by atoms with Crippen LogP contribution in [0.2, 0.25) is 0 Å². The minimum atomic E-state index is -0.508. The number of likely N-dealkylation sites (tertiary alicyclic amines) is 1. The molecule has 1 fully saturated rings. The fraction of sp³-hybridized carbons (Fsp3) is 0.273. The maximum absolute atomic E-state index is 13.0. The van der Waals surface area contributed by atoms with Crippen molar-refractivity contribution in [1.29, 1.82) is 0 Å². The number of nitrogens with one attached hydrogen (secondary N) is 1. The Balaban J connectivity index is 1.46. The Morgan fingerprint density at radius 3 is 2.70 bits per heavy atom. The standard InChI is InChI=1S/C22H23N3O2/c1-22(11-12-25(22)15-16-7-9-19(27-2)10-8-16)21(26)24-18-13-17-5-3-4-6-20(17)23-14-18/h3-10,13-14H,11-12,15H2,1-2H3,(H,24,26). The minimum Gasteiger partial charge on any atom is -0.497 e. The lowest BCUT2D eigenvalue weighted by Crippen LogP contribution is -2.63. The number of hydrogen-bond acceptors (Lipinski definition) is 4. The van der Waals surface area contributed by atoms with Crippen LogP contribution >= 0.6 is 0 Å². The largest absolute Gasteiger partial charge is 0.497 e. The number of ether oxygens (including phenoxy) is 1. The number of carbonyl (C=O) groups excluding carboxylic acids is 1. The third-order valence-corrected chi connectivity index (χ3v) is 5.44. The van der Waals surface area contributed by atoms with Crippen molar-refractivity contribution >= 4 is 22.5 Å². The van der Waals surface area contributed by atoms with E-state index in [-0.39, 0.29) is 5.91 Å². The molecule has 1 atom stereocenters. The van der Waals surface area contributed by atoms with E-state index in [1.54, 1.807) is 13.3 Å². The topological polar surface area (TPSA) is 54.5 Å². The Hall–Kier alpha value is -2.92. The monoisotopic (exact) mass is 361 g/mol. The number of anilines is 1. The lowest BCUT2D eigenvalue weighted by Gasteiger charge is -2.49. The molecule has 5 nitrogen and oxygen atoms in total. The number of benzene rings is 2. The van der Waals surface area contributed by atoms with Gasteiger partial charge in [-0.3, -0.25) is 14.7 Å². The number of carbonyl (C=O) groups is 1. The molecule has 1 amide bonds. The molecular formula is C22H23N3O2. The molecule has 2 aromatic carbocycles. The molecule has 138 valence electrons. The summed E-state index contributed by atoms with van der Waals surface area (Å²) in [6.07, 6.45) is 2.56. The van der Waals surface area contributed by atoms with Gasteiger partial charge in [0.1, 0.15) is 5.75 Å². The first-order chi connectivity index (χ1) is 13.1. The smallest absolute Gasteiger partial charge is 0.244 e. The van der Waals surface area contributed by atoms with Crippen molar-refractivity contribution < 1.29 is 9.53 Å². The van der Waals surface area contributed by atoms with E-state index in [4.69, 9.17) is 4.74 Å². The van der Waals surface area contributed by atoms with Gasteiger partial charge in [-0.15, -0.1) is 0 Å². The normalized spacial score (nSPS) is 19.5. The molecule has 1 aliphatic rings. The molecule has 0 saturated carbocycles. The molecule has 5 heteroatoms. The molecular weight excluding hydrogens is 338 g/mol. The van der Waals surface area contributed by atoms with Gasteiger partial charge in [-0.25, -0.2) is 0 Å². The molecule has 1 aromatic heterocycles. The predicted octanol–water partition coefficient (Wildman–Crippen LogP) is 3.85. The van der Waals surface area contributed by atoms with Gasteiger partial charge in [0, 0.05) is 18.5 Å². The van der Waals surface area contributed by atoms with E-state index < -0.39 is 5.54 Å². The van der Waals surface area contributed by atoms with E-state index >= 15 is 0 Å². The zero-order valence-corrected chi connectivity index (χ0v) is 15.6. The summed E-state index contributed by atoms with van der Waals surface area (Å²) in [6.45, 7) is 3.65. The number of methoxy groups -OCH3 is 1. The lowest BCUT2D eigenvalue weighted by molar-refractivity contribution is -0.136. The summed E-state index contributed by atoms with van der Waals surface area (Å²) in [5.74, 6) is 0.853. The van der Waals surface area contributed by atoms with Crippen LogP contribution in [0.3, 0.4) is 0 Å². The summed E-state index contributed by atoms with van der Waals surface area (Å²) in [6, 6.07) is 17.9. The molecule has 0 aliphatic carbocycles. The maximum Gasteiger partial charge on any atom is 0.244 e. The maximum atomic E-state index is 13.0. The Morgan fingerprint density at radius 1 is 1.22 bits per heavy atom. The average Bonchev–Trinajstić information content (AvgIpc) is 2.71. The van der Waals surface area contributed by atoms with E-state index in [2.05, 4.69) is 15.2 Å². The Morgan fingerprint density at radius 2 is 2.00 bits per heavy atom. The van der Waals surface area contributed by atoms with E-state index in [1.807, 2.05) is 61.5 Å². The second-order valence-electron chi connectivity index (χ2n) is 7.16. The molecule has 4 rings (SSSR count). The Bertz CT molecular complexity index is 971. The van der Waals surface area contributed by atoms with Crippen LogP contribution in [0.15, 0.2) is 60.8 Å². The number of hydrogen-bond donors (Lipinski definition) is 1. The number of rotatable bonds is 5. The Kier molecular flexibility index (Phi) is 4.54. The van der Waals surface area contributed by atoms with Crippen molar-refractivity contribution in [1.82, 2.24) is 9.88 Å². The summed E-state index contributed by atoms with van der Waals surface area (Å²) in [5, 5.41) is 4.07. The summed E-state index contributed by atoms with van der Waals surface area (Å²) >= 11 is 0. The first-order valence-electron chi connectivity index (χ1n) is 9.13. The van der Waals surface area contributed by atoms with Gasteiger partial charge in [0.05, 0.1) is 30.0 Å². The van der Waals surface area contributed by atoms with Crippen LogP contribution in [-0.2, 0) is 11.3 Å². The summed E-state index contributed by atoms with van der Waals surface area (Å²) in [7, 11) is 1.66. The average molecular weight is 361 g/mol. The third kappa shape index (κ3) is 3.38. The molecule has 1 N–H and O–H groups in total. The van der Waals surface area contributed by atoms with Crippen LogP contribution in [0.4, 0.5) is 5.69 Å². The van der Waals surface area contributed by atoms with Gasteiger partial charge in [0.25, 0.3) is 0 Å². The molecule has 1 aliphatic heterocycles. The number of para-hydroxylation sites is 1. The van der Waals surface area contributed by atoms with E-state index in [9.17, 15) is 4.79 Å². The van der Waals surface area contributed by atoms with Crippen molar-refractivity contribution in [3.8, 4) is 5.75 Å². The minimum absolute atomic E-state index is 0.0133. The SMILES string of the molecule is COc1ccc(CN2CCC2(C)C(=O)Nc2cnc3ccccc3c2)cc1. The number of nitrogens with zero attached hydrogens (tertiary/aromatic N) is 2. The van der Waals surface area contributed by atoms with Crippen LogP contribution in [-0.4, -0.2) is 35.0 Å². The van der Waals surface area contributed by atoms with Gasteiger partial charge in [-0.1, -0.05) is 30.3 Å². The molecule has 0 spiro atoms. The van der Waals surface area contributed by atoms with Crippen molar-refractivity contribution in [2.24, 2.45) is 0 Å². The van der Waals surface area contributed by atoms with Gasteiger partial charge in [0.2, 0.25) is 5.91 Å². The molecule has 0 bridgehead atoms. The van der Waals surface area contributed by atoms with Crippen molar-refractivity contribution in [3.63, 3.8) is 0 Å². The highest BCUT2D eigenvalue weighted by atomic mass is 16.5. The van der Waals surface area contributed by atoms with Crippen molar-refractivity contribution in [2.45, 2.75) is 25.4 Å². The quantitative estimate of drug-likeness (QED) is 0.750. The highest BCUT2D eigenvalue weighted by Gasteiger charge is 2.46. The Labute approximate surface area is 159 Å². The van der Waals surface area contributed by atoms with Crippen molar-refractivity contribution in [2.75, 3.05) is 19.0 Å². The molecule has 2 heterocycles. The summed E-state index contributed by atoms with van der Waals surface area (Å²) in [5.41, 5.74) is 2.32. The lowest BCUT2D eigenvalue weighted by atomic mass is 9.85. The van der Waals surface area contributed by atoms with Gasteiger partial charge in [-0.05, 0) is 43.2 Å².